The monoisotopic (exact) mass is 290 g/mol. The van der Waals surface area contributed by atoms with E-state index in [9.17, 15) is 4.79 Å². The second-order valence-electron chi connectivity index (χ2n) is 4.37. The zero-order valence-electron chi connectivity index (χ0n) is 11.3. The predicted octanol–water partition coefficient (Wildman–Crippen LogP) is 3.05. The van der Waals surface area contributed by atoms with Gasteiger partial charge in [0.25, 0.3) is 5.56 Å². The second-order valence-corrected chi connectivity index (χ2v) is 4.37. The molecule has 0 bridgehead atoms. The number of hydrogen-bond acceptors (Lipinski definition) is 5. The van der Waals surface area contributed by atoms with Gasteiger partial charge >= 0.3 is 0 Å². The zero-order chi connectivity index (χ0) is 15.4. The highest BCUT2D eigenvalue weighted by atomic mass is 16.1. The number of aromatic amines is 2. The molecule has 3 rings (SSSR count). The first kappa shape index (κ1) is 13.5. The van der Waals surface area contributed by atoms with Crippen LogP contribution in [0.25, 0.3) is 11.3 Å². The second kappa shape index (κ2) is 5.85. The van der Waals surface area contributed by atoms with Crippen molar-refractivity contribution in [3.63, 3.8) is 0 Å². The van der Waals surface area contributed by atoms with Crippen LogP contribution in [0.15, 0.2) is 63.8 Å². The van der Waals surface area contributed by atoms with E-state index < -0.39 is 5.56 Å². The molecule has 0 spiro atoms. The van der Waals surface area contributed by atoms with Crippen LogP contribution >= 0.6 is 0 Å². The van der Waals surface area contributed by atoms with Crippen LogP contribution < -0.4 is 5.56 Å². The molecule has 7 heteroatoms. The minimum Gasteiger partial charge on any atom is -0.295 e. The van der Waals surface area contributed by atoms with E-state index >= 15 is 0 Å². The molecule has 0 saturated carbocycles. The molecule has 0 aliphatic carbocycles. The normalized spacial score (nSPS) is 10.7. The van der Waals surface area contributed by atoms with Gasteiger partial charge in [0.2, 0.25) is 0 Å². The average Bonchev–Trinajstić information content (AvgIpc) is 2.95. The molecule has 106 valence electrons. The van der Waals surface area contributed by atoms with Crippen LogP contribution in [-0.4, -0.2) is 15.2 Å². The van der Waals surface area contributed by atoms with Crippen molar-refractivity contribution in [2.24, 2.45) is 10.2 Å². The Hall–Kier alpha value is -3.53. The number of H-pyrrole nitrogens is 2. The molecule has 7 nitrogen and oxygen atoms in total. The number of hydrogen-bond donors (Lipinski definition) is 2. The molecule has 2 heterocycles. The topological polar surface area (TPSA) is 110 Å². The van der Waals surface area contributed by atoms with Gasteiger partial charge in [0, 0.05) is 18.0 Å². The summed E-state index contributed by atoms with van der Waals surface area (Å²) in [4.78, 5) is 15.9. The fourth-order valence-corrected chi connectivity index (χ4v) is 1.93. The van der Waals surface area contributed by atoms with Gasteiger partial charge in [-0.15, -0.1) is 10.2 Å². The molecule has 0 fully saturated rings. The highest BCUT2D eigenvalue weighted by molar-refractivity contribution is 5.70. The van der Waals surface area contributed by atoms with Gasteiger partial charge in [0.15, 0.2) is 5.69 Å². The highest BCUT2D eigenvalue weighted by Crippen LogP contribution is 2.26. The Morgan fingerprint density at radius 2 is 1.95 bits per heavy atom. The lowest BCUT2D eigenvalue weighted by molar-refractivity contribution is 1.06. The van der Waals surface area contributed by atoms with E-state index in [-0.39, 0.29) is 5.69 Å². The number of nitrogens with zero attached hydrogens (tertiary/aromatic N) is 4. The summed E-state index contributed by atoms with van der Waals surface area (Å²) in [6.45, 7) is 0. The van der Waals surface area contributed by atoms with Crippen LogP contribution in [0.4, 0.5) is 11.4 Å². The summed E-state index contributed by atoms with van der Waals surface area (Å²) in [7, 11) is 0. The Bertz CT molecular complexity index is 917. The van der Waals surface area contributed by atoms with E-state index in [1.165, 1.54) is 0 Å². The van der Waals surface area contributed by atoms with Crippen LogP contribution in [0.1, 0.15) is 5.56 Å². The van der Waals surface area contributed by atoms with Crippen LogP contribution in [0.5, 0.6) is 0 Å². The number of aromatic nitrogens is 3. The third kappa shape index (κ3) is 2.53. The van der Waals surface area contributed by atoms with Gasteiger partial charge in [-0.3, -0.25) is 20.0 Å². The maximum atomic E-state index is 11.9. The van der Waals surface area contributed by atoms with Crippen LogP contribution in [-0.2, 0) is 0 Å². The summed E-state index contributed by atoms with van der Waals surface area (Å²) in [5.41, 5.74) is 1.75. The zero-order valence-corrected chi connectivity index (χ0v) is 11.3. The lowest BCUT2D eigenvalue weighted by Crippen LogP contribution is -1.96. The molecule has 22 heavy (non-hydrogen) atoms. The van der Waals surface area contributed by atoms with Crippen molar-refractivity contribution in [3.05, 3.63) is 64.7 Å². The van der Waals surface area contributed by atoms with Crippen molar-refractivity contribution in [2.45, 2.75) is 0 Å². The minimum atomic E-state index is -0.392. The van der Waals surface area contributed by atoms with Crippen LogP contribution in [0, 0.1) is 11.3 Å². The lowest BCUT2D eigenvalue weighted by Gasteiger charge is -1.97. The first-order valence-electron chi connectivity index (χ1n) is 6.41. The molecule has 3 aromatic rings. The largest absolute Gasteiger partial charge is 0.295 e. The standard InChI is InChI=1S/C15H10N6O/c16-8-10-4-1-2-6-12(10)18-20-14-13(19-21-15(14)22)11-5-3-7-17-9-11/h1-7,9H,(H2,19,21,22). The van der Waals surface area contributed by atoms with Gasteiger partial charge in [0.05, 0.1) is 11.3 Å². The van der Waals surface area contributed by atoms with E-state index in [0.29, 0.717) is 22.5 Å². The van der Waals surface area contributed by atoms with E-state index in [2.05, 4.69) is 25.4 Å². The van der Waals surface area contributed by atoms with Gasteiger partial charge in [-0.25, -0.2) is 0 Å². The Kier molecular flexibility index (Phi) is 3.58. The number of azo groups is 1. The van der Waals surface area contributed by atoms with Crippen molar-refractivity contribution in [1.29, 1.82) is 5.26 Å². The number of nitrogens with one attached hydrogen (secondary N) is 2. The quantitative estimate of drug-likeness (QED) is 0.723. The number of nitriles is 1. The van der Waals surface area contributed by atoms with Crippen LogP contribution in [0.2, 0.25) is 0 Å². The molecule has 0 aliphatic heterocycles. The summed E-state index contributed by atoms with van der Waals surface area (Å²) in [6, 6.07) is 12.4. The maximum absolute atomic E-state index is 11.9. The summed E-state index contributed by atoms with van der Waals surface area (Å²) >= 11 is 0. The Morgan fingerprint density at radius 3 is 2.73 bits per heavy atom. The molecule has 2 N–H and O–H groups in total. The fourth-order valence-electron chi connectivity index (χ4n) is 1.93. The molecule has 0 radical (unpaired) electrons. The Balaban J connectivity index is 2.04. The van der Waals surface area contributed by atoms with Crippen molar-refractivity contribution in [3.8, 4) is 17.3 Å². The predicted molar refractivity (Wildman–Crippen MR) is 80.0 cm³/mol. The third-order valence-electron chi connectivity index (χ3n) is 2.99. The Labute approximate surface area is 125 Å². The van der Waals surface area contributed by atoms with Gasteiger partial charge in [-0.05, 0) is 24.3 Å². The van der Waals surface area contributed by atoms with Gasteiger partial charge in [0.1, 0.15) is 11.8 Å². The Morgan fingerprint density at radius 1 is 1.09 bits per heavy atom. The number of rotatable bonds is 3. The molecule has 0 amide bonds. The van der Waals surface area contributed by atoms with E-state index in [1.807, 2.05) is 6.07 Å². The summed E-state index contributed by atoms with van der Waals surface area (Å²) < 4.78 is 0. The average molecular weight is 290 g/mol. The van der Waals surface area contributed by atoms with Crippen molar-refractivity contribution >= 4 is 11.4 Å². The van der Waals surface area contributed by atoms with Gasteiger partial charge in [-0.2, -0.15) is 5.26 Å². The SMILES string of the molecule is N#Cc1ccccc1N=Nc1c(-c2cccnc2)[nH][nH]c1=O. The third-order valence-corrected chi connectivity index (χ3v) is 2.99. The highest BCUT2D eigenvalue weighted by Gasteiger charge is 2.11. The van der Waals surface area contributed by atoms with E-state index in [1.54, 1.807) is 48.8 Å². The van der Waals surface area contributed by atoms with Crippen LogP contribution in [0.3, 0.4) is 0 Å². The van der Waals surface area contributed by atoms with E-state index in [4.69, 9.17) is 5.26 Å². The first-order valence-corrected chi connectivity index (χ1v) is 6.41. The molecule has 0 unspecified atom stereocenters. The smallest absolute Gasteiger partial charge is 0.292 e. The molecule has 0 saturated heterocycles. The van der Waals surface area contributed by atoms with Crippen molar-refractivity contribution < 1.29 is 0 Å². The summed E-state index contributed by atoms with van der Waals surface area (Å²) in [5, 5.41) is 22.3. The summed E-state index contributed by atoms with van der Waals surface area (Å²) in [6.07, 6.45) is 3.25. The molecular weight excluding hydrogens is 280 g/mol. The fraction of sp³-hybridized carbons (Fsp3) is 0. The molecule has 0 atom stereocenters. The number of pyridine rings is 1. The summed E-state index contributed by atoms with van der Waals surface area (Å²) in [5.74, 6) is 0. The van der Waals surface area contributed by atoms with Crippen molar-refractivity contribution in [1.82, 2.24) is 15.2 Å². The number of benzene rings is 1. The first-order chi connectivity index (χ1) is 10.8. The maximum Gasteiger partial charge on any atom is 0.292 e. The molecular formula is C15H10N6O. The minimum absolute atomic E-state index is 0.140. The van der Waals surface area contributed by atoms with E-state index in [0.717, 1.165) is 0 Å². The van der Waals surface area contributed by atoms with Gasteiger partial charge < -0.3 is 0 Å². The molecule has 2 aromatic heterocycles. The lowest BCUT2D eigenvalue weighted by atomic mass is 10.2. The molecule has 0 aliphatic rings. The van der Waals surface area contributed by atoms with Gasteiger partial charge in [-0.1, -0.05) is 12.1 Å². The molecule has 1 aromatic carbocycles. The van der Waals surface area contributed by atoms with Crippen molar-refractivity contribution in [2.75, 3.05) is 0 Å².